The molecule has 0 atom stereocenters. The predicted molar refractivity (Wildman–Crippen MR) is 54.8 cm³/mol. The molecule has 2 heteroatoms. The van der Waals surface area contributed by atoms with Crippen LogP contribution in [0.3, 0.4) is 0 Å². The minimum atomic E-state index is 1.01. The first kappa shape index (κ1) is 7.99. The van der Waals surface area contributed by atoms with Crippen molar-refractivity contribution in [2.75, 3.05) is 11.5 Å². The van der Waals surface area contributed by atoms with Crippen molar-refractivity contribution < 1.29 is 0 Å². The number of thioether (sulfide) groups is 1. The minimum Gasteiger partial charge on any atom is -0.398 e. The van der Waals surface area contributed by atoms with Crippen LogP contribution >= 0.6 is 11.8 Å². The van der Waals surface area contributed by atoms with Crippen LogP contribution in [0.15, 0.2) is 11.0 Å². The molecule has 1 nitrogen and oxygen atoms in total. The second-order valence-electron chi connectivity index (χ2n) is 3.33. The van der Waals surface area contributed by atoms with E-state index in [0.29, 0.717) is 0 Å². The molecule has 1 heterocycles. The van der Waals surface area contributed by atoms with Gasteiger partial charge in [0.1, 0.15) is 0 Å². The average molecular weight is 179 g/mol. The Morgan fingerprint density at radius 3 is 2.83 bits per heavy atom. The molecule has 0 spiro atoms. The molecule has 2 N–H and O–H groups in total. The van der Waals surface area contributed by atoms with Crippen LogP contribution in [0.2, 0.25) is 0 Å². The Kier molecular flexibility index (Phi) is 1.80. The molecule has 1 aliphatic heterocycles. The summed E-state index contributed by atoms with van der Waals surface area (Å²) in [6, 6.07) is 2.19. The van der Waals surface area contributed by atoms with Gasteiger partial charge < -0.3 is 5.73 Å². The number of hydrogen-bond acceptors (Lipinski definition) is 2. The lowest BCUT2D eigenvalue weighted by molar-refractivity contribution is 1.12. The molecule has 1 aromatic rings. The topological polar surface area (TPSA) is 26.0 Å². The molecular formula is C10H13NS. The van der Waals surface area contributed by atoms with Gasteiger partial charge in [0.2, 0.25) is 0 Å². The number of benzene rings is 1. The monoisotopic (exact) mass is 179 g/mol. The molecule has 0 aliphatic carbocycles. The number of aryl methyl sites for hydroxylation is 2. The van der Waals surface area contributed by atoms with Gasteiger partial charge in [0.25, 0.3) is 0 Å². The molecule has 1 aromatic carbocycles. The fourth-order valence-corrected chi connectivity index (χ4v) is 2.95. The minimum absolute atomic E-state index is 1.01. The standard InChI is InChI=1S/C10H13NS/c1-6-5-7(2)10-8(9(6)11)3-4-12-10/h5H,3-4,11H2,1-2H3. The quantitative estimate of drug-likeness (QED) is 0.619. The van der Waals surface area contributed by atoms with Crippen molar-refractivity contribution in [3.63, 3.8) is 0 Å². The van der Waals surface area contributed by atoms with Gasteiger partial charge in [0.15, 0.2) is 0 Å². The molecule has 0 unspecified atom stereocenters. The van der Waals surface area contributed by atoms with Crippen LogP contribution in [-0.2, 0) is 6.42 Å². The summed E-state index contributed by atoms with van der Waals surface area (Å²) < 4.78 is 0. The van der Waals surface area contributed by atoms with Crippen molar-refractivity contribution in [3.05, 3.63) is 22.8 Å². The van der Waals surface area contributed by atoms with Crippen molar-refractivity contribution in [3.8, 4) is 0 Å². The fourth-order valence-electron chi connectivity index (χ4n) is 1.77. The molecule has 0 amide bonds. The van der Waals surface area contributed by atoms with Crippen molar-refractivity contribution in [1.29, 1.82) is 0 Å². The maximum Gasteiger partial charge on any atom is 0.0388 e. The van der Waals surface area contributed by atoms with Gasteiger partial charge in [0.05, 0.1) is 0 Å². The van der Waals surface area contributed by atoms with Crippen LogP contribution < -0.4 is 5.73 Å². The van der Waals surface area contributed by atoms with E-state index in [2.05, 4.69) is 19.9 Å². The third kappa shape index (κ3) is 1.02. The molecule has 2 rings (SSSR count). The highest BCUT2D eigenvalue weighted by Crippen LogP contribution is 2.38. The Balaban J connectivity index is 2.69. The molecule has 0 fully saturated rings. The molecular weight excluding hydrogens is 166 g/mol. The summed E-state index contributed by atoms with van der Waals surface area (Å²) in [6.45, 7) is 4.26. The lowest BCUT2D eigenvalue weighted by Gasteiger charge is -2.09. The molecule has 64 valence electrons. The van der Waals surface area contributed by atoms with E-state index in [1.807, 2.05) is 11.8 Å². The Labute approximate surface area is 77.3 Å². The number of nitrogens with two attached hydrogens (primary N) is 1. The number of rotatable bonds is 0. The molecule has 0 saturated heterocycles. The Morgan fingerprint density at radius 1 is 1.33 bits per heavy atom. The third-order valence-electron chi connectivity index (χ3n) is 2.41. The van der Waals surface area contributed by atoms with E-state index in [-0.39, 0.29) is 0 Å². The lowest BCUT2D eigenvalue weighted by Crippen LogP contribution is -1.97. The first-order valence-electron chi connectivity index (χ1n) is 4.21. The van der Waals surface area contributed by atoms with Crippen LogP contribution in [0.4, 0.5) is 5.69 Å². The molecule has 0 radical (unpaired) electrons. The van der Waals surface area contributed by atoms with Crippen LogP contribution in [0.1, 0.15) is 16.7 Å². The van der Waals surface area contributed by atoms with Gasteiger partial charge in [-0.05, 0) is 37.0 Å². The van der Waals surface area contributed by atoms with E-state index in [1.165, 1.54) is 27.3 Å². The summed E-state index contributed by atoms with van der Waals surface area (Å²) in [5.74, 6) is 1.20. The number of nitrogen functional groups attached to an aromatic ring is 1. The highest BCUT2D eigenvalue weighted by atomic mass is 32.2. The summed E-state index contributed by atoms with van der Waals surface area (Å²) >= 11 is 1.94. The van der Waals surface area contributed by atoms with Crippen LogP contribution in [0.5, 0.6) is 0 Å². The first-order valence-corrected chi connectivity index (χ1v) is 5.20. The zero-order chi connectivity index (χ0) is 8.72. The van der Waals surface area contributed by atoms with Gasteiger partial charge in [-0.15, -0.1) is 11.8 Å². The van der Waals surface area contributed by atoms with Gasteiger partial charge >= 0.3 is 0 Å². The third-order valence-corrected chi connectivity index (χ3v) is 3.68. The zero-order valence-electron chi connectivity index (χ0n) is 7.48. The van der Waals surface area contributed by atoms with E-state index >= 15 is 0 Å². The molecule has 0 bridgehead atoms. The van der Waals surface area contributed by atoms with E-state index in [4.69, 9.17) is 5.73 Å². The predicted octanol–water partition coefficient (Wildman–Crippen LogP) is 2.53. The summed E-state index contributed by atoms with van der Waals surface area (Å²) in [4.78, 5) is 1.43. The Bertz CT molecular complexity index is 331. The summed E-state index contributed by atoms with van der Waals surface area (Å²) in [5.41, 5.74) is 11.0. The zero-order valence-corrected chi connectivity index (χ0v) is 8.29. The smallest absolute Gasteiger partial charge is 0.0388 e. The van der Waals surface area contributed by atoms with Gasteiger partial charge in [-0.1, -0.05) is 6.07 Å². The second-order valence-corrected chi connectivity index (χ2v) is 4.44. The number of fused-ring (bicyclic) bond motifs is 1. The van der Waals surface area contributed by atoms with Crippen molar-refractivity contribution in [2.24, 2.45) is 0 Å². The van der Waals surface area contributed by atoms with E-state index in [9.17, 15) is 0 Å². The summed E-state index contributed by atoms with van der Waals surface area (Å²) in [7, 11) is 0. The Morgan fingerprint density at radius 2 is 2.08 bits per heavy atom. The SMILES string of the molecule is Cc1cc(C)c2c(c1N)CCS2. The van der Waals surface area contributed by atoms with Crippen molar-refractivity contribution >= 4 is 17.4 Å². The molecule has 12 heavy (non-hydrogen) atoms. The van der Waals surface area contributed by atoms with Crippen LogP contribution in [0, 0.1) is 13.8 Å². The highest BCUT2D eigenvalue weighted by molar-refractivity contribution is 7.99. The van der Waals surface area contributed by atoms with E-state index in [0.717, 1.165) is 12.1 Å². The van der Waals surface area contributed by atoms with Gasteiger partial charge in [-0.2, -0.15) is 0 Å². The molecule has 1 aliphatic rings. The first-order chi connectivity index (χ1) is 5.70. The molecule has 0 aromatic heterocycles. The van der Waals surface area contributed by atoms with Gasteiger partial charge in [0, 0.05) is 16.3 Å². The maximum atomic E-state index is 5.99. The van der Waals surface area contributed by atoms with Crippen LogP contribution in [0.25, 0.3) is 0 Å². The van der Waals surface area contributed by atoms with Gasteiger partial charge in [-0.3, -0.25) is 0 Å². The largest absolute Gasteiger partial charge is 0.398 e. The Hall–Kier alpha value is -0.630. The fraction of sp³-hybridized carbons (Fsp3) is 0.400. The van der Waals surface area contributed by atoms with Crippen molar-refractivity contribution in [2.45, 2.75) is 25.2 Å². The highest BCUT2D eigenvalue weighted by Gasteiger charge is 2.17. The average Bonchev–Trinajstić information content (AvgIpc) is 2.48. The van der Waals surface area contributed by atoms with Gasteiger partial charge in [-0.25, -0.2) is 0 Å². The van der Waals surface area contributed by atoms with E-state index in [1.54, 1.807) is 0 Å². The normalized spacial score (nSPS) is 14.8. The van der Waals surface area contributed by atoms with Crippen LogP contribution in [-0.4, -0.2) is 5.75 Å². The lowest BCUT2D eigenvalue weighted by atomic mass is 10.0. The number of hydrogen-bond donors (Lipinski definition) is 1. The maximum absolute atomic E-state index is 5.99. The summed E-state index contributed by atoms with van der Waals surface area (Å²) in [6.07, 6.45) is 1.15. The number of anilines is 1. The second kappa shape index (κ2) is 2.70. The van der Waals surface area contributed by atoms with E-state index < -0.39 is 0 Å². The molecule has 0 saturated carbocycles. The summed E-state index contributed by atoms with van der Waals surface area (Å²) in [5, 5.41) is 0. The van der Waals surface area contributed by atoms with Crippen molar-refractivity contribution in [1.82, 2.24) is 0 Å².